The van der Waals surface area contributed by atoms with Crippen molar-refractivity contribution >= 4 is 33.5 Å². The Bertz CT molecular complexity index is 519. The van der Waals surface area contributed by atoms with Crippen molar-refractivity contribution in [1.82, 2.24) is 5.32 Å². The van der Waals surface area contributed by atoms with Crippen LogP contribution in [0.3, 0.4) is 0 Å². The number of carbonyl (C=O) groups is 2. The van der Waals surface area contributed by atoms with E-state index in [4.69, 9.17) is 5.11 Å². The summed E-state index contributed by atoms with van der Waals surface area (Å²) in [6.45, 7) is 2.76. The van der Waals surface area contributed by atoms with E-state index < -0.39 is 5.97 Å². The predicted octanol–water partition coefficient (Wildman–Crippen LogP) is 2.08. The van der Waals surface area contributed by atoms with E-state index in [1.807, 2.05) is 6.92 Å². The van der Waals surface area contributed by atoms with Crippen molar-refractivity contribution in [2.75, 3.05) is 11.9 Å². The normalized spacial score (nSPS) is 22.2. The summed E-state index contributed by atoms with van der Waals surface area (Å²) >= 11 is 3.27. The maximum absolute atomic E-state index is 12.2. The van der Waals surface area contributed by atoms with Crippen LogP contribution in [-0.2, 0) is 4.79 Å². The Kier molecular flexibility index (Phi) is 4.21. The summed E-state index contributed by atoms with van der Waals surface area (Å²) in [6, 6.07) is 4.91. The molecule has 1 aliphatic rings. The molecule has 0 saturated carbocycles. The monoisotopic (exact) mass is 326 g/mol. The van der Waals surface area contributed by atoms with E-state index in [9.17, 15) is 9.59 Å². The number of hydrogen-bond acceptors (Lipinski definition) is 3. The molecule has 1 fully saturated rings. The van der Waals surface area contributed by atoms with Crippen molar-refractivity contribution in [2.24, 2.45) is 5.92 Å². The number of carboxylic acids is 1. The van der Waals surface area contributed by atoms with Crippen LogP contribution in [0.2, 0.25) is 0 Å². The second-order valence-corrected chi connectivity index (χ2v) is 5.45. The van der Waals surface area contributed by atoms with Crippen molar-refractivity contribution < 1.29 is 14.7 Å². The van der Waals surface area contributed by atoms with E-state index in [1.54, 1.807) is 12.1 Å². The highest BCUT2D eigenvalue weighted by Crippen LogP contribution is 2.28. The molecule has 0 radical (unpaired) electrons. The Morgan fingerprint density at radius 2 is 2.21 bits per heavy atom. The number of hydrogen-bond donors (Lipinski definition) is 3. The average molecular weight is 327 g/mol. The van der Waals surface area contributed by atoms with Crippen LogP contribution in [0, 0.1) is 5.92 Å². The lowest BCUT2D eigenvalue weighted by Gasteiger charge is -2.17. The van der Waals surface area contributed by atoms with Crippen LogP contribution < -0.4 is 10.6 Å². The third-order valence-electron chi connectivity index (χ3n) is 3.35. The lowest BCUT2D eigenvalue weighted by Crippen LogP contribution is -2.32. The number of para-hydroxylation sites is 1. The fourth-order valence-electron chi connectivity index (χ4n) is 2.26. The van der Waals surface area contributed by atoms with E-state index in [0.717, 1.165) is 13.0 Å². The van der Waals surface area contributed by atoms with Gasteiger partial charge in [0.2, 0.25) is 5.91 Å². The van der Waals surface area contributed by atoms with Gasteiger partial charge >= 0.3 is 5.97 Å². The van der Waals surface area contributed by atoms with Crippen molar-refractivity contribution in [3.05, 3.63) is 28.2 Å². The lowest BCUT2D eigenvalue weighted by molar-refractivity contribution is -0.120. The maximum Gasteiger partial charge on any atom is 0.337 e. The minimum Gasteiger partial charge on any atom is -0.478 e. The average Bonchev–Trinajstić information content (AvgIpc) is 2.77. The minimum atomic E-state index is -1.06. The van der Waals surface area contributed by atoms with Gasteiger partial charge in [0.1, 0.15) is 0 Å². The van der Waals surface area contributed by atoms with Gasteiger partial charge in [0, 0.05) is 10.5 Å². The molecule has 2 rings (SSSR count). The van der Waals surface area contributed by atoms with Crippen LogP contribution in [0.25, 0.3) is 0 Å². The second kappa shape index (κ2) is 5.71. The number of halogens is 1. The largest absolute Gasteiger partial charge is 0.478 e. The number of benzene rings is 1. The molecule has 1 aromatic carbocycles. The third-order valence-corrected chi connectivity index (χ3v) is 4.02. The molecular formula is C13H15BrN2O3. The van der Waals surface area contributed by atoms with Crippen LogP contribution >= 0.6 is 15.9 Å². The first-order chi connectivity index (χ1) is 9.00. The van der Waals surface area contributed by atoms with E-state index in [-0.39, 0.29) is 23.4 Å². The smallest absolute Gasteiger partial charge is 0.337 e. The Labute approximate surface area is 119 Å². The summed E-state index contributed by atoms with van der Waals surface area (Å²) in [7, 11) is 0. The number of amides is 1. The lowest BCUT2D eigenvalue weighted by atomic mass is 10.0. The number of rotatable bonds is 3. The zero-order valence-electron chi connectivity index (χ0n) is 10.4. The molecule has 6 heteroatoms. The van der Waals surface area contributed by atoms with Crippen molar-refractivity contribution in [1.29, 1.82) is 0 Å². The minimum absolute atomic E-state index is 0.0846. The van der Waals surface area contributed by atoms with E-state index >= 15 is 0 Å². The molecule has 2 atom stereocenters. The summed E-state index contributed by atoms with van der Waals surface area (Å²) < 4.78 is 0.569. The van der Waals surface area contributed by atoms with Crippen LogP contribution in [0.4, 0.5) is 5.69 Å². The van der Waals surface area contributed by atoms with Crippen LogP contribution in [0.5, 0.6) is 0 Å². The van der Waals surface area contributed by atoms with Gasteiger partial charge in [-0.15, -0.1) is 0 Å². The molecule has 2 unspecified atom stereocenters. The number of carbonyl (C=O) groups excluding carboxylic acids is 1. The molecule has 1 aromatic rings. The van der Waals surface area contributed by atoms with Gasteiger partial charge < -0.3 is 15.7 Å². The fourth-order valence-corrected chi connectivity index (χ4v) is 2.73. The van der Waals surface area contributed by atoms with Crippen LogP contribution in [0.1, 0.15) is 23.7 Å². The van der Waals surface area contributed by atoms with Crippen LogP contribution in [-0.4, -0.2) is 29.6 Å². The molecule has 1 amide bonds. The molecule has 0 aliphatic carbocycles. The topological polar surface area (TPSA) is 78.4 Å². The first-order valence-corrected chi connectivity index (χ1v) is 6.86. The highest BCUT2D eigenvalue weighted by Gasteiger charge is 2.30. The Morgan fingerprint density at radius 3 is 2.79 bits per heavy atom. The summed E-state index contributed by atoms with van der Waals surface area (Å²) in [5.41, 5.74) is 0.403. The predicted molar refractivity (Wildman–Crippen MR) is 75.3 cm³/mol. The highest BCUT2D eigenvalue weighted by molar-refractivity contribution is 9.10. The molecule has 0 bridgehead atoms. The zero-order valence-corrected chi connectivity index (χ0v) is 12.0. The van der Waals surface area contributed by atoms with Gasteiger partial charge in [0.25, 0.3) is 0 Å². The molecule has 0 aromatic heterocycles. The quantitative estimate of drug-likeness (QED) is 0.794. The molecular weight excluding hydrogens is 312 g/mol. The van der Waals surface area contributed by atoms with Gasteiger partial charge in [-0.2, -0.15) is 0 Å². The van der Waals surface area contributed by atoms with Gasteiger partial charge in [-0.1, -0.05) is 6.07 Å². The molecule has 1 aliphatic heterocycles. The van der Waals surface area contributed by atoms with Crippen LogP contribution in [0.15, 0.2) is 22.7 Å². The molecule has 19 heavy (non-hydrogen) atoms. The Morgan fingerprint density at radius 1 is 1.47 bits per heavy atom. The van der Waals surface area contributed by atoms with E-state index in [2.05, 4.69) is 26.6 Å². The van der Waals surface area contributed by atoms with Crippen molar-refractivity contribution in [3.8, 4) is 0 Å². The van der Waals surface area contributed by atoms with Gasteiger partial charge in [-0.3, -0.25) is 4.79 Å². The molecule has 102 valence electrons. The Hall–Kier alpha value is -1.40. The SMILES string of the molecule is CC1NCCC1C(=O)Nc1c(Br)cccc1C(=O)O. The first-order valence-electron chi connectivity index (χ1n) is 6.06. The third kappa shape index (κ3) is 2.96. The Balaban J connectivity index is 2.23. The van der Waals surface area contributed by atoms with Gasteiger partial charge in [-0.05, 0) is 48.0 Å². The summed E-state index contributed by atoms with van der Waals surface area (Å²) in [6.07, 6.45) is 0.764. The van der Waals surface area contributed by atoms with Crippen molar-refractivity contribution in [2.45, 2.75) is 19.4 Å². The summed E-state index contributed by atoms with van der Waals surface area (Å²) in [4.78, 5) is 23.3. The number of nitrogens with one attached hydrogen (secondary N) is 2. The van der Waals surface area contributed by atoms with Crippen molar-refractivity contribution in [3.63, 3.8) is 0 Å². The number of anilines is 1. The molecule has 3 N–H and O–H groups in total. The standard InChI is InChI=1S/C13H15BrN2O3/c1-7-8(5-6-15-7)12(17)16-11-9(13(18)19)3-2-4-10(11)14/h2-4,7-8,15H,5-6H2,1H3,(H,16,17)(H,18,19). The van der Waals surface area contributed by atoms with E-state index in [0.29, 0.717) is 10.2 Å². The number of aromatic carboxylic acids is 1. The molecule has 1 saturated heterocycles. The second-order valence-electron chi connectivity index (χ2n) is 4.59. The molecule has 0 spiro atoms. The van der Waals surface area contributed by atoms with Gasteiger partial charge in [0.15, 0.2) is 0 Å². The van der Waals surface area contributed by atoms with Gasteiger partial charge in [0.05, 0.1) is 17.2 Å². The summed E-state index contributed by atoms with van der Waals surface area (Å²) in [5.74, 6) is -1.34. The van der Waals surface area contributed by atoms with Gasteiger partial charge in [-0.25, -0.2) is 4.79 Å². The molecule has 5 nitrogen and oxygen atoms in total. The van der Waals surface area contributed by atoms with E-state index in [1.165, 1.54) is 6.07 Å². The maximum atomic E-state index is 12.2. The number of carboxylic acid groups (broad SMARTS) is 1. The molecule has 1 heterocycles. The highest BCUT2D eigenvalue weighted by atomic mass is 79.9. The fraction of sp³-hybridized carbons (Fsp3) is 0.385. The first kappa shape index (κ1) is 14.0. The summed E-state index contributed by atoms with van der Waals surface area (Å²) in [5, 5.41) is 15.1. The zero-order chi connectivity index (χ0) is 14.0.